The summed E-state index contributed by atoms with van der Waals surface area (Å²) in [5.41, 5.74) is -0.173. The fourth-order valence-electron chi connectivity index (χ4n) is 1.83. The number of hydrogen-bond donors (Lipinski definition) is 2. The molecular formula is C10H13N3O5. The third-order valence-corrected chi connectivity index (χ3v) is 2.76. The first kappa shape index (κ1) is 12.3. The smallest absolute Gasteiger partial charge is 0.353 e. The van der Waals surface area contributed by atoms with Crippen LogP contribution in [0.4, 0.5) is 0 Å². The number of nitrogens with one attached hydrogen (secondary N) is 1. The summed E-state index contributed by atoms with van der Waals surface area (Å²) in [6, 6.07) is 0. The number of nitrogens with zero attached hydrogens (tertiary/aromatic N) is 2. The average molecular weight is 255 g/mol. The van der Waals surface area contributed by atoms with Gasteiger partial charge < -0.3 is 20.2 Å². The summed E-state index contributed by atoms with van der Waals surface area (Å²) >= 11 is 0. The molecule has 18 heavy (non-hydrogen) atoms. The van der Waals surface area contributed by atoms with Crippen LogP contribution in [0.15, 0.2) is 5.16 Å². The lowest BCUT2D eigenvalue weighted by molar-refractivity contribution is -0.144. The van der Waals surface area contributed by atoms with Gasteiger partial charge in [-0.25, -0.2) is 4.79 Å². The van der Waals surface area contributed by atoms with E-state index in [1.807, 2.05) is 0 Å². The molecule has 8 nitrogen and oxygen atoms in total. The van der Waals surface area contributed by atoms with Gasteiger partial charge >= 0.3 is 5.97 Å². The van der Waals surface area contributed by atoms with E-state index in [2.05, 4.69) is 10.5 Å². The molecule has 1 unspecified atom stereocenters. The van der Waals surface area contributed by atoms with Crippen LogP contribution >= 0.6 is 0 Å². The number of carboxylic acids is 1. The van der Waals surface area contributed by atoms with Crippen LogP contribution in [0.1, 0.15) is 12.8 Å². The Morgan fingerprint density at radius 2 is 2.28 bits per heavy atom. The van der Waals surface area contributed by atoms with Crippen LogP contribution in [-0.4, -0.2) is 59.2 Å². The number of carbonyl (C=O) groups excluding carboxylic acids is 2. The minimum atomic E-state index is -1.20. The predicted octanol–water partition coefficient (Wildman–Crippen LogP) is -1.44. The predicted molar refractivity (Wildman–Crippen MR) is 58.8 cm³/mol. The lowest BCUT2D eigenvalue weighted by Crippen LogP contribution is -2.43. The summed E-state index contributed by atoms with van der Waals surface area (Å²) in [5, 5.41) is 14.7. The van der Waals surface area contributed by atoms with Crippen LogP contribution in [0, 0.1) is 0 Å². The molecule has 1 saturated heterocycles. The molecule has 0 aromatic carbocycles. The number of oxime groups is 1. The zero-order valence-corrected chi connectivity index (χ0v) is 9.59. The minimum absolute atomic E-state index is 0.0267. The SMILES string of the molecule is O=C1CN(C(=O)C2CC(C(=O)O)=NO2)CCCN1. The summed E-state index contributed by atoms with van der Waals surface area (Å²) < 4.78 is 0. The highest BCUT2D eigenvalue weighted by Gasteiger charge is 2.35. The minimum Gasteiger partial charge on any atom is -0.477 e. The molecule has 2 N–H and O–H groups in total. The van der Waals surface area contributed by atoms with E-state index in [-0.39, 0.29) is 24.6 Å². The van der Waals surface area contributed by atoms with Crippen LogP contribution in [0.25, 0.3) is 0 Å². The van der Waals surface area contributed by atoms with E-state index in [0.29, 0.717) is 19.5 Å². The third kappa shape index (κ3) is 2.58. The number of hydrogen-bond acceptors (Lipinski definition) is 5. The van der Waals surface area contributed by atoms with Crippen molar-refractivity contribution in [2.45, 2.75) is 18.9 Å². The Bertz CT molecular complexity index is 420. The van der Waals surface area contributed by atoms with Gasteiger partial charge in [0.25, 0.3) is 5.91 Å². The Labute approximate surface area is 103 Å². The monoisotopic (exact) mass is 255 g/mol. The average Bonchev–Trinajstić information content (AvgIpc) is 2.72. The molecule has 98 valence electrons. The van der Waals surface area contributed by atoms with Crippen LogP contribution < -0.4 is 5.32 Å². The van der Waals surface area contributed by atoms with E-state index in [0.717, 1.165) is 0 Å². The van der Waals surface area contributed by atoms with Crippen molar-refractivity contribution in [1.82, 2.24) is 10.2 Å². The normalized spacial score (nSPS) is 23.8. The summed E-state index contributed by atoms with van der Waals surface area (Å²) in [6.45, 7) is 0.950. The quantitative estimate of drug-likeness (QED) is 0.628. The van der Waals surface area contributed by atoms with E-state index >= 15 is 0 Å². The molecule has 1 atom stereocenters. The maximum atomic E-state index is 12.0. The highest BCUT2D eigenvalue weighted by atomic mass is 16.6. The van der Waals surface area contributed by atoms with Crippen molar-refractivity contribution in [3.63, 3.8) is 0 Å². The zero-order chi connectivity index (χ0) is 13.1. The van der Waals surface area contributed by atoms with Crippen LogP contribution in [-0.2, 0) is 19.2 Å². The first-order valence-corrected chi connectivity index (χ1v) is 5.59. The lowest BCUT2D eigenvalue weighted by Gasteiger charge is -2.21. The number of carboxylic acid groups (broad SMARTS) is 1. The van der Waals surface area contributed by atoms with Gasteiger partial charge in [-0.1, -0.05) is 5.16 Å². The Hall–Kier alpha value is -2.12. The second kappa shape index (κ2) is 5.03. The maximum Gasteiger partial charge on any atom is 0.353 e. The molecule has 1 fully saturated rings. The van der Waals surface area contributed by atoms with Gasteiger partial charge in [0.15, 0.2) is 5.71 Å². The van der Waals surface area contributed by atoms with Crippen molar-refractivity contribution in [2.24, 2.45) is 5.16 Å². The maximum absolute atomic E-state index is 12.0. The van der Waals surface area contributed by atoms with Gasteiger partial charge in [0.2, 0.25) is 12.0 Å². The van der Waals surface area contributed by atoms with Crippen molar-refractivity contribution in [1.29, 1.82) is 0 Å². The zero-order valence-electron chi connectivity index (χ0n) is 9.59. The molecule has 0 saturated carbocycles. The van der Waals surface area contributed by atoms with Gasteiger partial charge in [0.05, 0.1) is 6.54 Å². The van der Waals surface area contributed by atoms with Crippen molar-refractivity contribution in [3.8, 4) is 0 Å². The first-order valence-electron chi connectivity index (χ1n) is 5.59. The second-order valence-corrected chi connectivity index (χ2v) is 4.10. The summed E-state index contributed by atoms with van der Waals surface area (Å²) in [7, 11) is 0. The third-order valence-electron chi connectivity index (χ3n) is 2.76. The van der Waals surface area contributed by atoms with Crippen molar-refractivity contribution in [3.05, 3.63) is 0 Å². The Morgan fingerprint density at radius 3 is 2.94 bits per heavy atom. The second-order valence-electron chi connectivity index (χ2n) is 4.10. The fraction of sp³-hybridized carbons (Fsp3) is 0.600. The highest BCUT2D eigenvalue weighted by molar-refractivity contribution is 6.36. The number of amides is 2. The standard InChI is InChI=1S/C10H13N3O5/c14-8-5-13(3-1-2-11-8)9(15)7-4-6(10(16)17)12-18-7/h7H,1-5H2,(H,11,14)(H,16,17). The van der Waals surface area contributed by atoms with Crippen molar-refractivity contribution in [2.75, 3.05) is 19.6 Å². The van der Waals surface area contributed by atoms with E-state index < -0.39 is 18.0 Å². The molecule has 0 aromatic rings. The number of rotatable bonds is 2. The highest BCUT2D eigenvalue weighted by Crippen LogP contribution is 2.14. The van der Waals surface area contributed by atoms with E-state index in [9.17, 15) is 14.4 Å². The van der Waals surface area contributed by atoms with E-state index in [1.54, 1.807) is 0 Å². The summed E-state index contributed by atoms with van der Waals surface area (Å²) in [6.07, 6.45) is -0.328. The largest absolute Gasteiger partial charge is 0.477 e. The number of aliphatic carboxylic acids is 1. The molecule has 2 aliphatic heterocycles. The molecule has 2 rings (SSSR count). The van der Waals surface area contributed by atoms with E-state index in [4.69, 9.17) is 9.94 Å². The molecule has 0 spiro atoms. The molecule has 2 amide bonds. The first-order chi connectivity index (χ1) is 8.58. The van der Waals surface area contributed by atoms with Crippen LogP contribution in [0.2, 0.25) is 0 Å². The Kier molecular flexibility index (Phi) is 3.45. The lowest BCUT2D eigenvalue weighted by atomic mass is 10.1. The number of carbonyl (C=O) groups is 3. The van der Waals surface area contributed by atoms with Gasteiger partial charge in [-0.2, -0.15) is 0 Å². The van der Waals surface area contributed by atoms with Gasteiger partial charge in [0, 0.05) is 19.5 Å². The van der Waals surface area contributed by atoms with Crippen molar-refractivity contribution >= 4 is 23.5 Å². The molecule has 2 aliphatic rings. The molecule has 0 aromatic heterocycles. The molecule has 8 heteroatoms. The fourth-order valence-corrected chi connectivity index (χ4v) is 1.83. The summed E-state index contributed by atoms with van der Waals surface area (Å²) in [4.78, 5) is 40.2. The van der Waals surface area contributed by atoms with Gasteiger partial charge in [-0.15, -0.1) is 0 Å². The topological polar surface area (TPSA) is 108 Å². The van der Waals surface area contributed by atoms with Crippen LogP contribution in [0.5, 0.6) is 0 Å². The molecule has 0 aliphatic carbocycles. The van der Waals surface area contributed by atoms with Crippen LogP contribution in [0.3, 0.4) is 0 Å². The Morgan fingerprint density at radius 1 is 1.50 bits per heavy atom. The summed E-state index contributed by atoms with van der Waals surface area (Å²) in [5.74, 6) is -1.82. The molecular weight excluding hydrogens is 242 g/mol. The van der Waals surface area contributed by atoms with Crippen molar-refractivity contribution < 1.29 is 24.3 Å². The Balaban J connectivity index is 1.96. The van der Waals surface area contributed by atoms with Gasteiger partial charge in [-0.05, 0) is 6.42 Å². The molecule has 0 bridgehead atoms. The molecule has 0 radical (unpaired) electrons. The van der Waals surface area contributed by atoms with Gasteiger partial charge in [0.1, 0.15) is 0 Å². The van der Waals surface area contributed by atoms with Gasteiger partial charge in [-0.3, -0.25) is 9.59 Å². The molecule has 2 heterocycles. The van der Waals surface area contributed by atoms with E-state index in [1.165, 1.54) is 4.90 Å².